The molecule has 0 bridgehead atoms. The summed E-state index contributed by atoms with van der Waals surface area (Å²) in [5.41, 5.74) is 5.93. The Kier molecular flexibility index (Phi) is 7.99. The molecule has 1 aliphatic heterocycles. The lowest BCUT2D eigenvalue weighted by Gasteiger charge is -2.34. The van der Waals surface area contributed by atoms with Gasteiger partial charge in [-0.05, 0) is 73.8 Å². The minimum atomic E-state index is -0.194. The number of para-hydroxylation sites is 1. The summed E-state index contributed by atoms with van der Waals surface area (Å²) in [4.78, 5) is 35.7. The molecular weight excluding hydrogens is 590 g/mol. The van der Waals surface area contributed by atoms with Gasteiger partial charge in [0.15, 0.2) is 0 Å². The molecular formula is C34H30BrN5O2. The van der Waals surface area contributed by atoms with Gasteiger partial charge in [-0.2, -0.15) is 0 Å². The Balaban J connectivity index is 1.21. The second-order valence-corrected chi connectivity index (χ2v) is 11.3. The first kappa shape index (κ1) is 27.6. The Labute approximate surface area is 253 Å². The fourth-order valence-corrected chi connectivity index (χ4v) is 5.49. The SMILES string of the molecule is CN1CCN(c2ccc(NC(=O)c3cc(-c4ccc(NC(=O)c5cccc(Br)c5)cc4)nc4ccccc34)cc2)CC1. The van der Waals surface area contributed by atoms with Gasteiger partial charge in [0.1, 0.15) is 0 Å². The quantitative estimate of drug-likeness (QED) is 0.216. The maximum absolute atomic E-state index is 13.6. The molecule has 210 valence electrons. The van der Waals surface area contributed by atoms with E-state index in [9.17, 15) is 9.59 Å². The first-order chi connectivity index (χ1) is 20.4. The molecule has 0 saturated carbocycles. The normalized spacial score (nSPS) is 13.6. The Morgan fingerprint density at radius 2 is 1.40 bits per heavy atom. The zero-order valence-corrected chi connectivity index (χ0v) is 24.8. The molecule has 4 aromatic carbocycles. The summed E-state index contributed by atoms with van der Waals surface area (Å²) < 4.78 is 0.843. The number of nitrogens with zero attached hydrogens (tertiary/aromatic N) is 3. The number of hydrogen-bond acceptors (Lipinski definition) is 5. The van der Waals surface area contributed by atoms with Gasteiger partial charge in [-0.1, -0.05) is 52.3 Å². The lowest BCUT2D eigenvalue weighted by Crippen LogP contribution is -2.44. The number of pyridine rings is 1. The number of fused-ring (bicyclic) bond motifs is 1. The fraction of sp³-hybridized carbons (Fsp3) is 0.147. The van der Waals surface area contributed by atoms with E-state index in [4.69, 9.17) is 4.98 Å². The van der Waals surface area contributed by atoms with E-state index >= 15 is 0 Å². The third-order valence-corrected chi connectivity index (χ3v) is 7.97. The number of aromatic nitrogens is 1. The van der Waals surface area contributed by atoms with Crippen molar-refractivity contribution in [1.82, 2.24) is 9.88 Å². The number of carbonyl (C=O) groups excluding carboxylic acids is 2. The standard InChI is InChI=1S/C34H30BrN5O2/c1-39-17-19-40(20-18-39)28-15-13-27(14-16-28)37-34(42)30-22-32(38-31-8-3-2-7-29(30)31)23-9-11-26(12-10-23)36-33(41)24-5-4-6-25(35)21-24/h2-16,21-22H,17-20H2,1H3,(H,36,41)(H,37,42). The van der Waals surface area contributed by atoms with E-state index in [1.807, 2.05) is 78.9 Å². The number of benzene rings is 4. The summed E-state index contributed by atoms with van der Waals surface area (Å²) in [6, 6.07) is 32.2. The minimum Gasteiger partial charge on any atom is -0.369 e. The number of piperazine rings is 1. The first-order valence-electron chi connectivity index (χ1n) is 13.8. The van der Waals surface area contributed by atoms with Gasteiger partial charge in [-0.25, -0.2) is 4.98 Å². The summed E-state index contributed by atoms with van der Waals surface area (Å²) >= 11 is 3.40. The molecule has 0 unspecified atom stereocenters. The van der Waals surface area contributed by atoms with Crippen LogP contribution in [0.15, 0.2) is 108 Å². The van der Waals surface area contributed by atoms with Gasteiger partial charge in [0.2, 0.25) is 0 Å². The van der Waals surface area contributed by atoms with Crippen molar-refractivity contribution in [2.24, 2.45) is 0 Å². The smallest absolute Gasteiger partial charge is 0.256 e. The Bertz CT molecular complexity index is 1750. The molecule has 0 spiro atoms. The third kappa shape index (κ3) is 6.20. The molecule has 1 fully saturated rings. The summed E-state index contributed by atoms with van der Waals surface area (Å²) in [6.07, 6.45) is 0. The van der Waals surface area contributed by atoms with Crippen LogP contribution in [0.2, 0.25) is 0 Å². The number of likely N-dealkylation sites (N-methyl/N-ethyl adjacent to an activating group) is 1. The summed E-state index contributed by atoms with van der Waals surface area (Å²) in [7, 11) is 2.14. The third-order valence-electron chi connectivity index (χ3n) is 7.48. The molecule has 1 saturated heterocycles. The maximum Gasteiger partial charge on any atom is 0.256 e. The van der Waals surface area contributed by atoms with E-state index < -0.39 is 0 Å². The number of rotatable bonds is 6. The molecule has 8 heteroatoms. The van der Waals surface area contributed by atoms with Gasteiger partial charge in [0.25, 0.3) is 11.8 Å². The number of hydrogen-bond donors (Lipinski definition) is 2. The molecule has 2 heterocycles. The zero-order chi connectivity index (χ0) is 29.1. The van der Waals surface area contributed by atoms with Gasteiger partial charge >= 0.3 is 0 Å². The van der Waals surface area contributed by atoms with Crippen molar-refractivity contribution in [2.45, 2.75) is 0 Å². The zero-order valence-electron chi connectivity index (χ0n) is 23.2. The molecule has 1 aliphatic rings. The summed E-state index contributed by atoms with van der Waals surface area (Å²) in [5.74, 6) is -0.386. The monoisotopic (exact) mass is 619 g/mol. The number of halogens is 1. The molecule has 6 rings (SSSR count). The average molecular weight is 621 g/mol. The maximum atomic E-state index is 13.6. The van der Waals surface area contributed by atoms with Crippen LogP contribution in [0.3, 0.4) is 0 Å². The van der Waals surface area contributed by atoms with Crippen molar-refractivity contribution in [1.29, 1.82) is 0 Å². The lowest BCUT2D eigenvalue weighted by molar-refractivity contribution is 0.101. The van der Waals surface area contributed by atoms with Crippen LogP contribution in [-0.4, -0.2) is 54.9 Å². The Hall–Kier alpha value is -4.53. The largest absolute Gasteiger partial charge is 0.369 e. The van der Waals surface area contributed by atoms with E-state index in [0.717, 1.165) is 58.5 Å². The number of anilines is 3. The Morgan fingerprint density at radius 1 is 0.738 bits per heavy atom. The predicted molar refractivity (Wildman–Crippen MR) is 173 cm³/mol. The van der Waals surface area contributed by atoms with Crippen LogP contribution in [0.5, 0.6) is 0 Å². The van der Waals surface area contributed by atoms with E-state index in [1.54, 1.807) is 12.1 Å². The van der Waals surface area contributed by atoms with Crippen molar-refractivity contribution in [3.8, 4) is 11.3 Å². The molecule has 2 amide bonds. The van der Waals surface area contributed by atoms with Crippen molar-refractivity contribution >= 4 is 55.7 Å². The van der Waals surface area contributed by atoms with Crippen LogP contribution in [0.4, 0.5) is 17.1 Å². The van der Waals surface area contributed by atoms with Gasteiger partial charge < -0.3 is 20.4 Å². The molecule has 42 heavy (non-hydrogen) atoms. The molecule has 5 aromatic rings. The van der Waals surface area contributed by atoms with Crippen LogP contribution >= 0.6 is 15.9 Å². The summed E-state index contributed by atoms with van der Waals surface area (Å²) in [6.45, 7) is 4.07. The van der Waals surface area contributed by atoms with Gasteiger partial charge in [0.05, 0.1) is 16.8 Å². The van der Waals surface area contributed by atoms with Gasteiger partial charge in [-0.15, -0.1) is 0 Å². The van der Waals surface area contributed by atoms with Gasteiger partial charge in [0, 0.05) is 64.2 Å². The minimum absolute atomic E-state index is 0.191. The van der Waals surface area contributed by atoms with Crippen molar-refractivity contribution < 1.29 is 9.59 Å². The van der Waals surface area contributed by atoms with Crippen LogP contribution < -0.4 is 15.5 Å². The van der Waals surface area contributed by atoms with Crippen molar-refractivity contribution in [2.75, 3.05) is 48.8 Å². The predicted octanol–water partition coefficient (Wildman–Crippen LogP) is 6.92. The average Bonchev–Trinajstić information content (AvgIpc) is 3.01. The second kappa shape index (κ2) is 12.1. The number of nitrogens with one attached hydrogen (secondary N) is 2. The highest BCUT2D eigenvalue weighted by Gasteiger charge is 2.17. The highest BCUT2D eigenvalue weighted by Crippen LogP contribution is 2.27. The van der Waals surface area contributed by atoms with Crippen molar-refractivity contribution in [3.05, 3.63) is 119 Å². The van der Waals surface area contributed by atoms with Crippen LogP contribution in [0.25, 0.3) is 22.2 Å². The van der Waals surface area contributed by atoms with E-state index in [2.05, 4.69) is 55.5 Å². The molecule has 1 aromatic heterocycles. The van der Waals surface area contributed by atoms with Crippen molar-refractivity contribution in [3.63, 3.8) is 0 Å². The topological polar surface area (TPSA) is 77.6 Å². The second-order valence-electron chi connectivity index (χ2n) is 10.4. The van der Waals surface area contributed by atoms with Gasteiger partial charge in [-0.3, -0.25) is 9.59 Å². The van der Waals surface area contributed by atoms with E-state index in [1.165, 1.54) is 0 Å². The highest BCUT2D eigenvalue weighted by atomic mass is 79.9. The van der Waals surface area contributed by atoms with E-state index in [0.29, 0.717) is 22.5 Å². The molecule has 7 nitrogen and oxygen atoms in total. The fourth-order valence-electron chi connectivity index (χ4n) is 5.09. The number of carbonyl (C=O) groups is 2. The Morgan fingerprint density at radius 3 is 2.12 bits per heavy atom. The van der Waals surface area contributed by atoms with Crippen LogP contribution in [0.1, 0.15) is 20.7 Å². The summed E-state index contributed by atoms with van der Waals surface area (Å²) in [5, 5.41) is 6.78. The molecule has 0 radical (unpaired) electrons. The van der Waals surface area contributed by atoms with Crippen LogP contribution in [-0.2, 0) is 0 Å². The van der Waals surface area contributed by atoms with E-state index in [-0.39, 0.29) is 11.8 Å². The van der Waals surface area contributed by atoms with Crippen LogP contribution in [0, 0.1) is 0 Å². The number of amides is 2. The molecule has 0 atom stereocenters. The first-order valence-corrected chi connectivity index (χ1v) is 14.6. The molecule has 2 N–H and O–H groups in total. The highest BCUT2D eigenvalue weighted by molar-refractivity contribution is 9.10. The molecule has 0 aliphatic carbocycles. The lowest BCUT2D eigenvalue weighted by atomic mass is 10.0.